The second-order valence-corrected chi connectivity index (χ2v) is 6.28. The number of aryl methyl sites for hydroxylation is 1. The average molecular weight is 364 g/mol. The second kappa shape index (κ2) is 6.35. The van der Waals surface area contributed by atoms with Crippen molar-refractivity contribution in [2.24, 2.45) is 7.05 Å². The van der Waals surface area contributed by atoms with E-state index in [1.54, 1.807) is 19.1 Å². The van der Waals surface area contributed by atoms with E-state index in [-0.39, 0.29) is 18.1 Å². The largest absolute Gasteiger partial charge is 0.509 e. The van der Waals surface area contributed by atoms with Gasteiger partial charge in [0.2, 0.25) is 0 Å². The minimum absolute atomic E-state index is 0.108. The summed E-state index contributed by atoms with van der Waals surface area (Å²) in [6, 6.07) is 13.1. The van der Waals surface area contributed by atoms with Crippen LogP contribution in [-0.4, -0.2) is 41.3 Å². The van der Waals surface area contributed by atoms with Crippen LogP contribution in [0.5, 0.6) is 11.5 Å². The van der Waals surface area contributed by atoms with Gasteiger partial charge >= 0.3 is 0 Å². The molecule has 138 valence electrons. The fourth-order valence-corrected chi connectivity index (χ4v) is 3.40. The number of amidine groups is 1. The molecule has 1 aliphatic heterocycles. The van der Waals surface area contributed by atoms with E-state index in [2.05, 4.69) is 4.98 Å². The van der Waals surface area contributed by atoms with E-state index < -0.39 is 0 Å². The lowest BCUT2D eigenvalue weighted by Crippen LogP contribution is -2.26. The Kier molecular flexibility index (Phi) is 3.99. The highest BCUT2D eigenvalue weighted by molar-refractivity contribution is 6.30. The molecule has 0 aliphatic carbocycles. The topological polar surface area (TPSA) is 83.6 Å². The molecule has 0 atom stereocenters. The zero-order valence-electron chi connectivity index (χ0n) is 15.4. The summed E-state index contributed by atoms with van der Waals surface area (Å²) >= 11 is 0. The van der Waals surface area contributed by atoms with Gasteiger partial charge in [-0.25, -0.2) is 4.98 Å². The van der Waals surface area contributed by atoms with Crippen LogP contribution in [0.1, 0.15) is 5.82 Å². The van der Waals surface area contributed by atoms with Gasteiger partial charge in [-0.3, -0.25) is 5.41 Å². The van der Waals surface area contributed by atoms with Gasteiger partial charge in [-0.05, 0) is 24.3 Å². The molecule has 1 aromatic heterocycles. The van der Waals surface area contributed by atoms with Crippen LogP contribution in [-0.2, 0) is 7.05 Å². The standard InChI is InChI=1S/C20H20N4O3/c1-23-14-9-8-12(26-2)10-13(14)22-20(23)18-16(25)11-24(19(18)21)15-6-4-5-7-17(15)27-3/h4-10,21,25H,11H2,1-3H3. The van der Waals surface area contributed by atoms with E-state index >= 15 is 0 Å². The molecule has 0 saturated carbocycles. The summed E-state index contributed by atoms with van der Waals surface area (Å²) in [6.45, 7) is 0.196. The molecule has 1 aliphatic rings. The lowest BCUT2D eigenvalue weighted by Gasteiger charge is -2.21. The third-order valence-electron chi connectivity index (χ3n) is 4.79. The number of para-hydroxylation sites is 2. The molecular weight excluding hydrogens is 344 g/mol. The Morgan fingerprint density at radius 3 is 2.63 bits per heavy atom. The first-order valence-electron chi connectivity index (χ1n) is 8.47. The van der Waals surface area contributed by atoms with Crippen LogP contribution in [0.4, 0.5) is 5.69 Å². The van der Waals surface area contributed by atoms with Crippen LogP contribution in [0.2, 0.25) is 0 Å². The Hall–Kier alpha value is -3.48. The molecule has 0 fully saturated rings. The van der Waals surface area contributed by atoms with Gasteiger partial charge in [-0.2, -0.15) is 0 Å². The van der Waals surface area contributed by atoms with Crippen molar-refractivity contribution in [1.29, 1.82) is 5.41 Å². The van der Waals surface area contributed by atoms with Crippen LogP contribution >= 0.6 is 0 Å². The fraction of sp³-hybridized carbons (Fsp3) is 0.200. The first kappa shape index (κ1) is 17.0. The first-order chi connectivity index (χ1) is 13.0. The number of nitrogens with zero attached hydrogens (tertiary/aromatic N) is 3. The number of anilines is 1. The van der Waals surface area contributed by atoms with E-state index in [1.165, 1.54) is 0 Å². The molecule has 4 rings (SSSR count). The number of imidazole rings is 1. The molecule has 3 aromatic rings. The zero-order valence-corrected chi connectivity index (χ0v) is 15.4. The zero-order chi connectivity index (χ0) is 19.1. The number of aromatic nitrogens is 2. The minimum Gasteiger partial charge on any atom is -0.509 e. The number of rotatable bonds is 4. The van der Waals surface area contributed by atoms with E-state index in [0.29, 0.717) is 22.9 Å². The maximum atomic E-state index is 10.6. The molecule has 2 N–H and O–H groups in total. The lowest BCUT2D eigenvalue weighted by atomic mass is 10.2. The molecular formula is C20H20N4O3. The molecule has 27 heavy (non-hydrogen) atoms. The molecule has 2 aromatic carbocycles. The van der Waals surface area contributed by atoms with Crippen LogP contribution in [0.3, 0.4) is 0 Å². The van der Waals surface area contributed by atoms with Crippen molar-refractivity contribution in [3.8, 4) is 11.5 Å². The van der Waals surface area contributed by atoms with Crippen LogP contribution in [0.25, 0.3) is 16.6 Å². The van der Waals surface area contributed by atoms with Crippen molar-refractivity contribution >= 4 is 28.1 Å². The van der Waals surface area contributed by atoms with Crippen molar-refractivity contribution < 1.29 is 14.6 Å². The van der Waals surface area contributed by atoms with Crippen molar-refractivity contribution in [3.63, 3.8) is 0 Å². The minimum atomic E-state index is 0.108. The Labute approximate surface area is 156 Å². The normalized spacial score (nSPS) is 14.3. The fourth-order valence-electron chi connectivity index (χ4n) is 3.40. The molecule has 7 heteroatoms. The monoisotopic (exact) mass is 364 g/mol. The van der Waals surface area contributed by atoms with Gasteiger partial charge in [0.1, 0.15) is 28.9 Å². The maximum absolute atomic E-state index is 10.6. The summed E-state index contributed by atoms with van der Waals surface area (Å²) in [5.41, 5.74) is 2.79. The molecule has 0 bridgehead atoms. The predicted octanol–water partition coefficient (Wildman–Crippen LogP) is 3.36. The summed E-state index contributed by atoms with van der Waals surface area (Å²) in [7, 11) is 5.07. The van der Waals surface area contributed by atoms with Gasteiger partial charge in [-0.1, -0.05) is 12.1 Å². The molecule has 2 heterocycles. The van der Waals surface area contributed by atoms with Gasteiger partial charge in [-0.15, -0.1) is 0 Å². The molecule has 0 spiro atoms. The van der Waals surface area contributed by atoms with Crippen molar-refractivity contribution in [3.05, 3.63) is 54.0 Å². The van der Waals surface area contributed by atoms with Crippen molar-refractivity contribution in [2.45, 2.75) is 0 Å². The maximum Gasteiger partial charge on any atom is 0.148 e. The number of aliphatic hydroxyl groups excluding tert-OH is 1. The summed E-state index contributed by atoms with van der Waals surface area (Å²) in [6.07, 6.45) is 0. The second-order valence-electron chi connectivity index (χ2n) is 6.28. The number of nitrogens with one attached hydrogen (secondary N) is 1. The summed E-state index contributed by atoms with van der Waals surface area (Å²) in [5.74, 6) is 2.19. The van der Waals surface area contributed by atoms with Gasteiger partial charge in [0.25, 0.3) is 0 Å². The van der Waals surface area contributed by atoms with E-state index in [1.807, 2.05) is 54.1 Å². The number of hydrogen-bond donors (Lipinski definition) is 2. The Morgan fingerprint density at radius 1 is 1.11 bits per heavy atom. The van der Waals surface area contributed by atoms with Gasteiger partial charge in [0.05, 0.1) is 43.1 Å². The Bertz CT molecular complexity index is 1080. The quantitative estimate of drug-likeness (QED) is 0.742. The van der Waals surface area contributed by atoms with Gasteiger partial charge in [0, 0.05) is 13.1 Å². The van der Waals surface area contributed by atoms with Crippen LogP contribution < -0.4 is 14.4 Å². The highest BCUT2D eigenvalue weighted by atomic mass is 16.5. The number of ether oxygens (including phenoxy) is 2. The Balaban J connectivity index is 1.78. The molecule has 0 saturated heterocycles. The highest BCUT2D eigenvalue weighted by Crippen LogP contribution is 2.36. The number of benzene rings is 2. The smallest absolute Gasteiger partial charge is 0.148 e. The number of fused-ring (bicyclic) bond motifs is 1. The van der Waals surface area contributed by atoms with Gasteiger partial charge in [0.15, 0.2) is 0 Å². The number of methoxy groups -OCH3 is 2. The van der Waals surface area contributed by atoms with Crippen molar-refractivity contribution in [1.82, 2.24) is 9.55 Å². The number of hydrogen-bond acceptors (Lipinski definition) is 5. The summed E-state index contributed by atoms with van der Waals surface area (Å²) in [5, 5.41) is 19.3. The molecule has 0 radical (unpaired) electrons. The first-order valence-corrected chi connectivity index (χ1v) is 8.47. The SMILES string of the molecule is COc1ccc2c(c1)nc(C1=C(O)CN(c3ccccc3OC)C1=N)n2C. The van der Waals surface area contributed by atoms with Crippen LogP contribution in [0.15, 0.2) is 48.2 Å². The Morgan fingerprint density at radius 2 is 1.89 bits per heavy atom. The molecule has 7 nitrogen and oxygen atoms in total. The molecule has 0 amide bonds. The summed E-state index contributed by atoms with van der Waals surface area (Å²) in [4.78, 5) is 6.35. The molecule has 0 unspecified atom stereocenters. The van der Waals surface area contributed by atoms with E-state index in [9.17, 15) is 5.11 Å². The third-order valence-corrected chi connectivity index (χ3v) is 4.79. The number of aliphatic hydroxyl groups is 1. The van der Waals surface area contributed by atoms with E-state index in [0.717, 1.165) is 16.7 Å². The highest BCUT2D eigenvalue weighted by Gasteiger charge is 2.33. The lowest BCUT2D eigenvalue weighted by molar-refractivity contribution is 0.406. The van der Waals surface area contributed by atoms with E-state index in [4.69, 9.17) is 14.9 Å². The average Bonchev–Trinajstić information content (AvgIpc) is 3.16. The summed E-state index contributed by atoms with van der Waals surface area (Å²) < 4.78 is 12.5. The third kappa shape index (κ3) is 2.59. The predicted molar refractivity (Wildman–Crippen MR) is 105 cm³/mol. The van der Waals surface area contributed by atoms with Crippen LogP contribution in [0, 0.1) is 5.41 Å². The van der Waals surface area contributed by atoms with Gasteiger partial charge < -0.3 is 24.0 Å². The van der Waals surface area contributed by atoms with Crippen molar-refractivity contribution in [2.75, 3.05) is 25.7 Å².